The summed E-state index contributed by atoms with van der Waals surface area (Å²) < 4.78 is 0. The second kappa shape index (κ2) is 4.99. The van der Waals surface area contributed by atoms with Crippen LogP contribution in [-0.2, 0) is 6.42 Å². The molecule has 5 heteroatoms. The van der Waals surface area contributed by atoms with E-state index in [1.807, 2.05) is 13.8 Å². The zero-order valence-corrected chi connectivity index (χ0v) is 11.7. The Labute approximate surface area is 112 Å². The lowest BCUT2D eigenvalue weighted by molar-refractivity contribution is 0.0699. The highest BCUT2D eigenvalue weighted by atomic mass is 16.4. The fraction of sp³-hybridized carbons (Fsp3) is 0.500. The number of carboxylic acid groups (broad SMARTS) is 1. The first kappa shape index (κ1) is 13.5. The van der Waals surface area contributed by atoms with E-state index in [0.717, 1.165) is 17.9 Å². The van der Waals surface area contributed by atoms with Gasteiger partial charge < -0.3 is 10.1 Å². The highest BCUT2D eigenvalue weighted by Crippen LogP contribution is 2.26. The molecule has 2 aromatic heterocycles. The summed E-state index contributed by atoms with van der Waals surface area (Å²) in [4.78, 5) is 23.2. The van der Waals surface area contributed by atoms with Crippen LogP contribution in [0.1, 0.15) is 55.5 Å². The van der Waals surface area contributed by atoms with Gasteiger partial charge in [0.05, 0.1) is 16.6 Å². The number of carbonyl (C=O) groups is 1. The monoisotopic (exact) mass is 261 g/mol. The number of H-pyrrole nitrogens is 1. The van der Waals surface area contributed by atoms with Gasteiger partial charge in [-0.2, -0.15) is 0 Å². The number of aromatic amines is 1. The average Bonchev–Trinajstić information content (AvgIpc) is 2.70. The van der Waals surface area contributed by atoms with Crippen molar-refractivity contribution in [3.8, 4) is 0 Å². The fourth-order valence-electron chi connectivity index (χ4n) is 2.15. The summed E-state index contributed by atoms with van der Waals surface area (Å²) in [6, 6.07) is 0. The van der Waals surface area contributed by atoms with E-state index in [1.165, 1.54) is 6.20 Å². The van der Waals surface area contributed by atoms with Gasteiger partial charge in [0.25, 0.3) is 0 Å². The van der Waals surface area contributed by atoms with Crippen LogP contribution in [0.4, 0.5) is 0 Å². The fourth-order valence-corrected chi connectivity index (χ4v) is 2.15. The molecule has 102 valence electrons. The van der Waals surface area contributed by atoms with Gasteiger partial charge >= 0.3 is 5.97 Å². The van der Waals surface area contributed by atoms with Gasteiger partial charge in [0.1, 0.15) is 11.5 Å². The van der Waals surface area contributed by atoms with Crippen molar-refractivity contribution in [2.24, 2.45) is 5.92 Å². The van der Waals surface area contributed by atoms with Gasteiger partial charge in [0.2, 0.25) is 0 Å². The lowest BCUT2D eigenvalue weighted by Crippen LogP contribution is -2.07. The van der Waals surface area contributed by atoms with Crippen LogP contribution < -0.4 is 0 Å². The van der Waals surface area contributed by atoms with E-state index in [-0.39, 0.29) is 11.5 Å². The highest BCUT2D eigenvalue weighted by molar-refractivity contribution is 6.03. The molecule has 2 aromatic rings. The minimum Gasteiger partial charge on any atom is -0.478 e. The van der Waals surface area contributed by atoms with E-state index in [4.69, 9.17) is 0 Å². The smallest absolute Gasteiger partial charge is 0.338 e. The summed E-state index contributed by atoms with van der Waals surface area (Å²) in [5, 5.41) is 9.85. The molecule has 0 saturated carbocycles. The van der Waals surface area contributed by atoms with Gasteiger partial charge in [-0.3, -0.25) is 0 Å². The second-order valence-corrected chi connectivity index (χ2v) is 5.51. The molecule has 0 aromatic carbocycles. The molecule has 0 saturated heterocycles. The molecule has 0 amide bonds. The Morgan fingerprint density at radius 3 is 2.53 bits per heavy atom. The second-order valence-electron chi connectivity index (χ2n) is 5.51. The predicted octanol–water partition coefficient (Wildman–Crippen LogP) is 2.98. The summed E-state index contributed by atoms with van der Waals surface area (Å²) in [6.45, 7) is 8.25. The summed E-state index contributed by atoms with van der Waals surface area (Å²) in [5.74, 6) is 0.440. The molecule has 0 atom stereocenters. The zero-order valence-electron chi connectivity index (χ0n) is 11.7. The molecule has 0 aliphatic heterocycles. The van der Waals surface area contributed by atoms with E-state index in [0.29, 0.717) is 17.0 Å². The van der Waals surface area contributed by atoms with Crippen LogP contribution in [0.25, 0.3) is 11.0 Å². The number of nitrogens with one attached hydrogen (secondary N) is 1. The molecule has 2 N–H and O–H groups in total. The van der Waals surface area contributed by atoms with Crippen LogP contribution in [0.5, 0.6) is 0 Å². The van der Waals surface area contributed by atoms with Crippen molar-refractivity contribution in [1.29, 1.82) is 0 Å². The summed E-state index contributed by atoms with van der Waals surface area (Å²) in [6.07, 6.45) is 2.28. The number of fused-ring (bicyclic) bond motifs is 1. The summed E-state index contributed by atoms with van der Waals surface area (Å²) in [5.41, 5.74) is 1.67. The first-order valence-electron chi connectivity index (χ1n) is 6.51. The predicted molar refractivity (Wildman–Crippen MR) is 73.5 cm³/mol. The highest BCUT2D eigenvalue weighted by Gasteiger charge is 2.19. The van der Waals surface area contributed by atoms with Crippen LogP contribution >= 0.6 is 0 Å². The average molecular weight is 261 g/mol. The van der Waals surface area contributed by atoms with Crippen molar-refractivity contribution in [1.82, 2.24) is 15.0 Å². The Kier molecular flexibility index (Phi) is 3.55. The molecule has 0 fully saturated rings. The molecule has 5 nitrogen and oxygen atoms in total. The van der Waals surface area contributed by atoms with Crippen LogP contribution in [0.15, 0.2) is 6.20 Å². The molecular weight excluding hydrogens is 242 g/mol. The van der Waals surface area contributed by atoms with Gasteiger partial charge in [0, 0.05) is 12.6 Å². The quantitative estimate of drug-likeness (QED) is 0.886. The van der Waals surface area contributed by atoms with Gasteiger partial charge in [-0.05, 0) is 11.8 Å². The van der Waals surface area contributed by atoms with Gasteiger partial charge in [-0.1, -0.05) is 27.7 Å². The molecule has 2 rings (SSSR count). The minimum absolute atomic E-state index is 0.158. The maximum Gasteiger partial charge on any atom is 0.338 e. The molecule has 0 bridgehead atoms. The van der Waals surface area contributed by atoms with E-state index in [1.54, 1.807) is 0 Å². The topological polar surface area (TPSA) is 78.9 Å². The van der Waals surface area contributed by atoms with Crippen molar-refractivity contribution in [2.75, 3.05) is 0 Å². The Morgan fingerprint density at radius 1 is 1.32 bits per heavy atom. The number of hydrogen-bond acceptors (Lipinski definition) is 3. The third-order valence-electron chi connectivity index (χ3n) is 2.97. The van der Waals surface area contributed by atoms with Gasteiger partial charge in [0.15, 0.2) is 0 Å². The lowest BCUT2D eigenvalue weighted by atomic mass is 10.0. The molecule has 0 unspecified atom stereocenters. The molecule has 0 aliphatic carbocycles. The standard InChI is InChI=1S/C14H19N3O2/c1-7(2)5-10-16-12(8(3)4)11-9(14(18)19)6-15-13(11)17-10/h6-8H,5H2,1-4H3,(H,18,19)(H,15,16,17). The summed E-state index contributed by atoms with van der Waals surface area (Å²) in [7, 11) is 0. The van der Waals surface area contributed by atoms with Gasteiger partial charge in [-0.25, -0.2) is 14.8 Å². The Hall–Kier alpha value is -1.91. The SMILES string of the molecule is CC(C)Cc1nc(C(C)C)c2c(C(=O)O)c[nH]c2n1. The van der Waals surface area contributed by atoms with Crippen LogP contribution in [0, 0.1) is 5.92 Å². The minimum atomic E-state index is -0.951. The Balaban J connectivity index is 2.67. The van der Waals surface area contributed by atoms with Crippen LogP contribution in [-0.4, -0.2) is 26.0 Å². The number of aromatic nitrogens is 3. The van der Waals surface area contributed by atoms with Crippen LogP contribution in [0.2, 0.25) is 0 Å². The first-order chi connectivity index (χ1) is 8.90. The number of nitrogens with zero attached hydrogens (tertiary/aromatic N) is 2. The Morgan fingerprint density at radius 2 is 2.00 bits per heavy atom. The van der Waals surface area contributed by atoms with E-state index in [2.05, 4.69) is 28.8 Å². The largest absolute Gasteiger partial charge is 0.478 e. The van der Waals surface area contributed by atoms with E-state index < -0.39 is 5.97 Å². The molecular formula is C14H19N3O2. The third kappa shape index (κ3) is 2.59. The van der Waals surface area contributed by atoms with Crippen molar-refractivity contribution in [3.63, 3.8) is 0 Å². The van der Waals surface area contributed by atoms with Crippen LogP contribution in [0.3, 0.4) is 0 Å². The lowest BCUT2D eigenvalue weighted by Gasteiger charge is -2.10. The molecule has 19 heavy (non-hydrogen) atoms. The summed E-state index contributed by atoms with van der Waals surface area (Å²) >= 11 is 0. The molecule has 2 heterocycles. The number of carboxylic acids is 1. The van der Waals surface area contributed by atoms with Crippen molar-refractivity contribution < 1.29 is 9.90 Å². The number of aromatic carboxylic acids is 1. The first-order valence-corrected chi connectivity index (χ1v) is 6.51. The molecule has 0 aliphatic rings. The normalized spacial score (nSPS) is 11.7. The van der Waals surface area contributed by atoms with E-state index >= 15 is 0 Å². The number of hydrogen-bond donors (Lipinski definition) is 2. The maximum atomic E-state index is 11.2. The Bertz CT molecular complexity index is 614. The van der Waals surface area contributed by atoms with Crippen molar-refractivity contribution >= 4 is 17.0 Å². The number of rotatable bonds is 4. The van der Waals surface area contributed by atoms with Crippen molar-refractivity contribution in [2.45, 2.75) is 40.0 Å². The molecule has 0 spiro atoms. The molecule has 0 radical (unpaired) electrons. The van der Waals surface area contributed by atoms with Crippen molar-refractivity contribution in [3.05, 3.63) is 23.3 Å². The van der Waals surface area contributed by atoms with Gasteiger partial charge in [-0.15, -0.1) is 0 Å². The zero-order chi connectivity index (χ0) is 14.2. The van der Waals surface area contributed by atoms with E-state index in [9.17, 15) is 9.90 Å². The third-order valence-corrected chi connectivity index (χ3v) is 2.97. The maximum absolute atomic E-state index is 11.2.